The lowest BCUT2D eigenvalue weighted by atomic mass is 10.0. The molecule has 0 heterocycles. The van der Waals surface area contributed by atoms with Crippen LogP contribution >= 0.6 is 0 Å². The molecule has 0 rings (SSSR count). The summed E-state index contributed by atoms with van der Waals surface area (Å²) in [5, 5.41) is 29.6. The van der Waals surface area contributed by atoms with Gasteiger partial charge in [-0.3, -0.25) is 19.2 Å². The third-order valence-electron chi connectivity index (χ3n) is 12.8. The van der Waals surface area contributed by atoms with Crippen LogP contribution in [0.1, 0.15) is 204 Å². The van der Waals surface area contributed by atoms with Crippen LogP contribution in [0, 0.1) is 5.92 Å². The number of hydrogen-bond acceptors (Lipinski definition) is 18. The third kappa shape index (κ3) is 90.8. The Hall–Kier alpha value is -3.43. The highest BCUT2D eigenvalue weighted by Gasteiger charge is 2.21. The van der Waals surface area contributed by atoms with Gasteiger partial charge in [-0.1, -0.05) is 145 Å². The molecule has 23 heteroatoms. The molecule has 0 aromatic carbocycles. The van der Waals surface area contributed by atoms with E-state index in [1.807, 2.05) is 54.7 Å². The smallest absolute Gasteiger partial charge is 0.326 e. The van der Waals surface area contributed by atoms with Gasteiger partial charge in [0.25, 0.3) is 0 Å². The number of aliphatic carboxylic acids is 2. The molecule has 2 atom stereocenters. The Labute approximate surface area is 552 Å². The Bertz CT molecular complexity index is 1490. The molecule has 0 radical (unpaired) electrons. The molecular weight excluding hydrogens is 1180 g/mol. The molecule has 0 saturated carbocycles. The lowest BCUT2D eigenvalue weighted by Gasteiger charge is -2.14. The summed E-state index contributed by atoms with van der Waals surface area (Å²) in [6.45, 7) is 33.4. The van der Waals surface area contributed by atoms with E-state index in [2.05, 4.69) is 48.6 Å². The first-order chi connectivity index (χ1) is 44.4. The van der Waals surface area contributed by atoms with E-state index in [-0.39, 0.29) is 56.6 Å². The molecule has 6 N–H and O–H groups in total. The average molecular weight is 1320 g/mol. The highest BCUT2D eigenvalue weighted by molar-refractivity contribution is 5.84. The summed E-state index contributed by atoms with van der Waals surface area (Å²) < 4.78 is 66.0. The number of ether oxygens (including phenoxy) is 12. The molecule has 0 aromatic heterocycles. The molecule has 3 amide bonds. The Morgan fingerprint density at radius 3 is 0.945 bits per heavy atom. The topological polar surface area (TPSA) is 285 Å². The summed E-state index contributed by atoms with van der Waals surface area (Å²) in [5.41, 5.74) is 0. The fraction of sp³-hybridized carbons (Fsp3) is 0.897. The molecule has 2 unspecified atom stereocenters. The van der Waals surface area contributed by atoms with Crippen molar-refractivity contribution in [2.24, 2.45) is 5.92 Å². The summed E-state index contributed by atoms with van der Waals surface area (Å²) in [6.07, 6.45) is 21.1. The maximum atomic E-state index is 12.4. The molecule has 23 nitrogen and oxygen atoms in total. The predicted molar refractivity (Wildman–Crippen MR) is 362 cm³/mol. The Morgan fingerprint density at radius 2 is 0.637 bits per heavy atom. The number of carbonyl (C=O) groups is 5. The molecule has 0 aliphatic heterocycles. The molecule has 0 saturated heterocycles. The average Bonchev–Trinajstić information content (AvgIpc) is 3.71. The van der Waals surface area contributed by atoms with Crippen molar-refractivity contribution >= 4 is 29.7 Å². The molecule has 0 aliphatic carbocycles. The number of unbranched alkanes of at least 4 members (excludes halogenated alkanes) is 14. The van der Waals surface area contributed by atoms with Crippen LogP contribution < -0.4 is 21.3 Å². The van der Waals surface area contributed by atoms with Gasteiger partial charge in [0.2, 0.25) is 17.7 Å². The number of allylic oxidation sites excluding steroid dienone is 1. The van der Waals surface area contributed by atoms with Crippen molar-refractivity contribution in [2.45, 2.75) is 216 Å². The van der Waals surface area contributed by atoms with Crippen molar-refractivity contribution in [3.8, 4) is 0 Å². The van der Waals surface area contributed by atoms with Gasteiger partial charge < -0.3 is 88.3 Å². The standard InChI is InChI=1S/C57H110N4O19.C5H10.3C2H6/c1-51(58-2)19-17-18-25-59-54(63)24-27-69-29-31-71-33-35-73-37-39-75-41-43-77-45-47-79-49-50-80-48-46-78-44-42-76-40-38-74-36-34-72-32-30-70-28-26-60-53(62)23-22-52(57(67)68)61-55(64)20-15-13-11-9-7-5-3-4-6-8-10-12-14-16-21-56(65)66;1-4-5(2)3;3*1-2/h51-52,58H,3-50H2,1-2H3,(H,59,63)(H,60,62)(H,61,64)(H,65,66)(H,67,68);4-5H,1H2,2-3H3;3*1-2H3. The number of nitrogens with one attached hydrogen (secondary N) is 4. The van der Waals surface area contributed by atoms with Gasteiger partial charge in [0.1, 0.15) is 6.04 Å². The van der Waals surface area contributed by atoms with Crippen LogP contribution in [0.4, 0.5) is 0 Å². The SMILES string of the molecule is C=CC(C)C.CC.CC.CC.CNC(C)CCCCNC(=O)CCOCCOCCOCCOCCOCCOCCOCCOCCOCCOCCOCCOCCNC(=O)CCC(NC(=O)CCCCCCCCCCCCCCCCC(=O)O)C(=O)O. The first kappa shape index (κ1) is 96.3. The molecule has 0 spiro atoms. The first-order valence-corrected chi connectivity index (χ1v) is 34.9. The van der Waals surface area contributed by atoms with Crippen molar-refractivity contribution in [3.63, 3.8) is 0 Å². The van der Waals surface area contributed by atoms with Gasteiger partial charge in [-0.25, -0.2) is 4.79 Å². The highest BCUT2D eigenvalue weighted by Crippen LogP contribution is 2.14. The number of rotatable bonds is 68. The monoisotopic (exact) mass is 1310 g/mol. The van der Waals surface area contributed by atoms with Crippen LogP contribution in [0.15, 0.2) is 12.7 Å². The van der Waals surface area contributed by atoms with E-state index in [4.69, 9.17) is 61.9 Å². The first-order valence-electron chi connectivity index (χ1n) is 34.9. The van der Waals surface area contributed by atoms with Gasteiger partial charge in [-0.2, -0.15) is 0 Å². The Kier molecular flexibility index (Phi) is 91.6. The van der Waals surface area contributed by atoms with Crippen LogP contribution in [-0.4, -0.2) is 231 Å². The normalized spacial score (nSPS) is 11.4. The van der Waals surface area contributed by atoms with Gasteiger partial charge in [-0.15, -0.1) is 6.58 Å². The van der Waals surface area contributed by atoms with Crippen LogP contribution in [0.25, 0.3) is 0 Å². The molecule has 91 heavy (non-hydrogen) atoms. The number of carboxylic acids is 2. The fourth-order valence-corrected chi connectivity index (χ4v) is 7.56. The second-order valence-electron chi connectivity index (χ2n) is 20.8. The van der Waals surface area contributed by atoms with E-state index < -0.39 is 18.0 Å². The van der Waals surface area contributed by atoms with Crippen molar-refractivity contribution in [2.75, 3.05) is 179 Å². The molecule has 0 aromatic rings. The second kappa shape index (κ2) is 86.6. The van der Waals surface area contributed by atoms with E-state index in [1.165, 1.54) is 44.9 Å². The summed E-state index contributed by atoms with van der Waals surface area (Å²) in [4.78, 5) is 58.7. The van der Waals surface area contributed by atoms with Crippen LogP contribution in [0.2, 0.25) is 0 Å². The Morgan fingerprint density at radius 1 is 0.352 bits per heavy atom. The van der Waals surface area contributed by atoms with Gasteiger partial charge in [0, 0.05) is 44.8 Å². The molecule has 544 valence electrons. The van der Waals surface area contributed by atoms with Gasteiger partial charge >= 0.3 is 11.9 Å². The lowest BCUT2D eigenvalue weighted by molar-refractivity contribution is -0.142. The van der Waals surface area contributed by atoms with E-state index in [1.54, 1.807) is 0 Å². The van der Waals surface area contributed by atoms with Crippen molar-refractivity contribution in [1.82, 2.24) is 21.3 Å². The fourth-order valence-electron chi connectivity index (χ4n) is 7.56. The zero-order valence-electron chi connectivity index (χ0n) is 59.3. The van der Waals surface area contributed by atoms with Gasteiger partial charge in [-0.05, 0) is 52.0 Å². The van der Waals surface area contributed by atoms with Crippen molar-refractivity contribution < 1.29 is 91.0 Å². The quantitative estimate of drug-likeness (QED) is 0.0244. The molecular formula is C68H138N4O19. The highest BCUT2D eigenvalue weighted by atomic mass is 16.6. The van der Waals surface area contributed by atoms with E-state index in [0.717, 1.165) is 57.8 Å². The van der Waals surface area contributed by atoms with Crippen molar-refractivity contribution in [3.05, 3.63) is 12.7 Å². The Balaban J connectivity index is -0.00000208. The minimum absolute atomic E-state index is 0.00423. The van der Waals surface area contributed by atoms with Crippen LogP contribution in [0.5, 0.6) is 0 Å². The van der Waals surface area contributed by atoms with Crippen LogP contribution in [-0.2, 0) is 80.8 Å². The summed E-state index contributed by atoms with van der Waals surface area (Å²) in [6, 6.07) is -0.613. The summed E-state index contributed by atoms with van der Waals surface area (Å²) >= 11 is 0. The summed E-state index contributed by atoms with van der Waals surface area (Å²) in [7, 11) is 1.96. The van der Waals surface area contributed by atoms with E-state index in [0.29, 0.717) is 183 Å². The van der Waals surface area contributed by atoms with Crippen LogP contribution in [0.3, 0.4) is 0 Å². The maximum absolute atomic E-state index is 12.4. The zero-order chi connectivity index (χ0) is 68.6. The minimum Gasteiger partial charge on any atom is -0.481 e. The predicted octanol–water partition coefficient (Wildman–Crippen LogP) is 10.2. The number of carboxylic acid groups (broad SMARTS) is 2. The van der Waals surface area contributed by atoms with Gasteiger partial charge in [0.15, 0.2) is 0 Å². The molecule has 0 bridgehead atoms. The van der Waals surface area contributed by atoms with Crippen molar-refractivity contribution in [1.29, 1.82) is 0 Å². The maximum Gasteiger partial charge on any atom is 0.326 e. The zero-order valence-corrected chi connectivity index (χ0v) is 59.3. The number of hydrogen-bond donors (Lipinski definition) is 6. The largest absolute Gasteiger partial charge is 0.481 e. The third-order valence-corrected chi connectivity index (χ3v) is 12.8. The minimum atomic E-state index is -1.16. The number of amides is 3. The second-order valence-corrected chi connectivity index (χ2v) is 20.8. The number of carbonyl (C=O) groups excluding carboxylic acids is 3. The summed E-state index contributed by atoms with van der Waals surface area (Å²) in [5.74, 6) is -1.83. The lowest BCUT2D eigenvalue weighted by Crippen LogP contribution is -2.41. The van der Waals surface area contributed by atoms with E-state index in [9.17, 15) is 29.1 Å². The van der Waals surface area contributed by atoms with Gasteiger partial charge in [0.05, 0.1) is 159 Å². The molecule has 0 aliphatic rings. The molecule has 0 fully saturated rings. The van der Waals surface area contributed by atoms with E-state index >= 15 is 0 Å².